The van der Waals surface area contributed by atoms with Crippen LogP contribution < -0.4 is 10.1 Å². The van der Waals surface area contributed by atoms with Gasteiger partial charge in [-0.2, -0.15) is 0 Å². The molecule has 0 saturated heterocycles. The van der Waals surface area contributed by atoms with Crippen LogP contribution in [0.2, 0.25) is 0 Å². The standard InChI is InChI=1S/C17H16N2O2S2/c1-11-5-7-13(8-6-11)21-12(2)16(20)19-17-18-14(10-23-17)15-4-3-9-22-15/h3-10,12H,1-2H3,(H,18,19,20). The summed E-state index contributed by atoms with van der Waals surface area (Å²) in [5, 5.41) is 7.33. The lowest BCUT2D eigenvalue weighted by Crippen LogP contribution is -2.30. The predicted octanol–water partition coefficient (Wildman–Crippen LogP) is 4.59. The molecule has 3 aromatic rings. The van der Waals surface area contributed by atoms with Crippen LogP contribution in [0.5, 0.6) is 5.75 Å². The molecule has 3 rings (SSSR count). The van der Waals surface area contributed by atoms with Crippen molar-refractivity contribution < 1.29 is 9.53 Å². The summed E-state index contributed by atoms with van der Waals surface area (Å²) in [6.45, 7) is 3.73. The molecule has 0 aliphatic heterocycles. The van der Waals surface area contributed by atoms with Gasteiger partial charge in [0, 0.05) is 5.38 Å². The van der Waals surface area contributed by atoms with Crippen LogP contribution in [-0.2, 0) is 4.79 Å². The van der Waals surface area contributed by atoms with Gasteiger partial charge in [-0.3, -0.25) is 10.1 Å². The molecule has 23 heavy (non-hydrogen) atoms. The molecule has 0 radical (unpaired) electrons. The maximum atomic E-state index is 12.2. The number of amides is 1. The number of ether oxygens (including phenoxy) is 1. The molecule has 1 aromatic carbocycles. The van der Waals surface area contributed by atoms with E-state index in [0.29, 0.717) is 10.9 Å². The highest BCUT2D eigenvalue weighted by atomic mass is 32.1. The van der Waals surface area contributed by atoms with Gasteiger partial charge in [-0.25, -0.2) is 4.98 Å². The van der Waals surface area contributed by atoms with E-state index in [4.69, 9.17) is 4.74 Å². The van der Waals surface area contributed by atoms with Gasteiger partial charge in [0.25, 0.3) is 5.91 Å². The zero-order chi connectivity index (χ0) is 16.2. The third kappa shape index (κ3) is 3.97. The van der Waals surface area contributed by atoms with E-state index in [-0.39, 0.29) is 5.91 Å². The van der Waals surface area contributed by atoms with Crippen molar-refractivity contribution in [2.24, 2.45) is 0 Å². The Kier molecular flexibility index (Phi) is 4.73. The number of nitrogens with one attached hydrogen (secondary N) is 1. The quantitative estimate of drug-likeness (QED) is 0.737. The second-order valence-corrected chi connectivity index (χ2v) is 6.88. The molecular weight excluding hydrogens is 328 g/mol. The summed E-state index contributed by atoms with van der Waals surface area (Å²) in [5.41, 5.74) is 2.03. The SMILES string of the molecule is Cc1ccc(OC(C)C(=O)Nc2nc(-c3cccs3)cs2)cc1. The van der Waals surface area contributed by atoms with Crippen molar-refractivity contribution in [2.45, 2.75) is 20.0 Å². The van der Waals surface area contributed by atoms with Gasteiger partial charge in [0.15, 0.2) is 11.2 Å². The number of rotatable bonds is 5. The molecule has 2 aromatic heterocycles. The van der Waals surface area contributed by atoms with E-state index >= 15 is 0 Å². The smallest absolute Gasteiger partial charge is 0.266 e. The summed E-state index contributed by atoms with van der Waals surface area (Å²) < 4.78 is 5.65. The third-order valence-corrected chi connectivity index (χ3v) is 4.86. The number of benzene rings is 1. The van der Waals surface area contributed by atoms with Crippen molar-refractivity contribution >= 4 is 33.7 Å². The predicted molar refractivity (Wildman–Crippen MR) is 95.3 cm³/mol. The summed E-state index contributed by atoms with van der Waals surface area (Å²) in [4.78, 5) is 17.7. The van der Waals surface area contributed by atoms with E-state index in [2.05, 4.69) is 10.3 Å². The minimum atomic E-state index is -0.591. The number of aryl methyl sites for hydroxylation is 1. The number of hydrogen-bond donors (Lipinski definition) is 1. The Bertz CT molecular complexity index is 779. The normalized spacial score (nSPS) is 11.9. The van der Waals surface area contributed by atoms with E-state index in [1.165, 1.54) is 11.3 Å². The summed E-state index contributed by atoms with van der Waals surface area (Å²) in [6, 6.07) is 11.6. The highest BCUT2D eigenvalue weighted by molar-refractivity contribution is 7.16. The van der Waals surface area contributed by atoms with Gasteiger partial charge < -0.3 is 4.74 Å². The molecule has 0 spiro atoms. The number of thiophene rings is 1. The highest BCUT2D eigenvalue weighted by Gasteiger charge is 2.16. The Labute approximate surface area is 142 Å². The molecule has 0 aliphatic rings. The topological polar surface area (TPSA) is 51.2 Å². The fourth-order valence-electron chi connectivity index (χ4n) is 1.95. The van der Waals surface area contributed by atoms with Crippen molar-refractivity contribution in [1.82, 2.24) is 4.98 Å². The number of hydrogen-bond acceptors (Lipinski definition) is 5. The minimum absolute atomic E-state index is 0.211. The molecule has 0 fully saturated rings. The lowest BCUT2D eigenvalue weighted by molar-refractivity contribution is -0.122. The molecule has 1 amide bonds. The fourth-order valence-corrected chi connectivity index (χ4v) is 3.42. The molecule has 0 saturated carbocycles. The maximum absolute atomic E-state index is 12.2. The van der Waals surface area contributed by atoms with Crippen LogP contribution in [-0.4, -0.2) is 17.0 Å². The monoisotopic (exact) mass is 344 g/mol. The number of carbonyl (C=O) groups is 1. The minimum Gasteiger partial charge on any atom is -0.481 e. The van der Waals surface area contributed by atoms with Crippen molar-refractivity contribution in [3.8, 4) is 16.3 Å². The highest BCUT2D eigenvalue weighted by Crippen LogP contribution is 2.28. The lowest BCUT2D eigenvalue weighted by Gasteiger charge is -2.13. The molecule has 4 nitrogen and oxygen atoms in total. The van der Waals surface area contributed by atoms with E-state index in [0.717, 1.165) is 16.1 Å². The summed E-state index contributed by atoms with van der Waals surface area (Å²) in [6.07, 6.45) is -0.591. The Balaban J connectivity index is 1.61. The van der Waals surface area contributed by atoms with Gasteiger partial charge >= 0.3 is 0 Å². The summed E-state index contributed by atoms with van der Waals surface area (Å²) >= 11 is 3.03. The number of thiazole rings is 1. The molecule has 0 aliphatic carbocycles. The Morgan fingerprint density at radius 1 is 1.22 bits per heavy atom. The molecule has 2 heterocycles. The van der Waals surface area contributed by atoms with Gasteiger partial charge in [-0.1, -0.05) is 23.8 Å². The van der Waals surface area contributed by atoms with E-state index in [9.17, 15) is 4.79 Å². The van der Waals surface area contributed by atoms with Crippen LogP contribution >= 0.6 is 22.7 Å². The maximum Gasteiger partial charge on any atom is 0.266 e. The molecule has 1 N–H and O–H groups in total. The van der Waals surface area contributed by atoms with Gasteiger partial charge in [-0.05, 0) is 37.4 Å². The summed E-state index contributed by atoms with van der Waals surface area (Å²) in [7, 11) is 0. The fraction of sp³-hybridized carbons (Fsp3) is 0.176. The van der Waals surface area contributed by atoms with Crippen molar-refractivity contribution in [1.29, 1.82) is 0 Å². The van der Waals surface area contributed by atoms with Gasteiger partial charge in [0.1, 0.15) is 5.75 Å². The number of aromatic nitrogens is 1. The third-order valence-electron chi connectivity index (χ3n) is 3.21. The second-order valence-electron chi connectivity index (χ2n) is 5.08. The van der Waals surface area contributed by atoms with Crippen molar-refractivity contribution in [3.63, 3.8) is 0 Å². The summed E-state index contributed by atoms with van der Waals surface area (Å²) in [5.74, 6) is 0.467. The van der Waals surface area contributed by atoms with Crippen LogP contribution in [0.1, 0.15) is 12.5 Å². The first-order valence-corrected chi connectivity index (χ1v) is 8.91. The molecule has 1 atom stereocenters. The van der Waals surface area contributed by atoms with Crippen LogP contribution in [0.25, 0.3) is 10.6 Å². The average molecular weight is 344 g/mol. The van der Waals surface area contributed by atoms with Gasteiger partial charge in [0.2, 0.25) is 0 Å². The Morgan fingerprint density at radius 3 is 2.70 bits per heavy atom. The zero-order valence-corrected chi connectivity index (χ0v) is 14.4. The largest absolute Gasteiger partial charge is 0.481 e. The van der Waals surface area contributed by atoms with Crippen molar-refractivity contribution in [3.05, 3.63) is 52.7 Å². The zero-order valence-electron chi connectivity index (χ0n) is 12.8. The number of anilines is 1. The second kappa shape index (κ2) is 6.93. The number of carbonyl (C=O) groups excluding carboxylic acids is 1. The molecule has 6 heteroatoms. The first-order valence-electron chi connectivity index (χ1n) is 7.15. The van der Waals surface area contributed by atoms with Gasteiger partial charge in [0.05, 0.1) is 10.6 Å². The molecule has 0 bridgehead atoms. The number of nitrogens with zero attached hydrogens (tertiary/aromatic N) is 1. The van der Waals surface area contributed by atoms with Crippen molar-refractivity contribution in [2.75, 3.05) is 5.32 Å². The van der Waals surface area contributed by atoms with Crippen LogP contribution in [0, 0.1) is 6.92 Å². The van der Waals surface area contributed by atoms with Crippen LogP contribution in [0.15, 0.2) is 47.2 Å². The van der Waals surface area contributed by atoms with Gasteiger partial charge in [-0.15, -0.1) is 22.7 Å². The average Bonchev–Trinajstić information content (AvgIpc) is 3.20. The first-order chi connectivity index (χ1) is 11.1. The molecule has 1 unspecified atom stereocenters. The van der Waals surface area contributed by atoms with Crippen LogP contribution in [0.3, 0.4) is 0 Å². The molecular formula is C17H16N2O2S2. The Morgan fingerprint density at radius 2 is 2.00 bits per heavy atom. The lowest BCUT2D eigenvalue weighted by atomic mass is 10.2. The van der Waals surface area contributed by atoms with E-state index in [1.54, 1.807) is 18.3 Å². The van der Waals surface area contributed by atoms with E-state index < -0.39 is 6.10 Å². The van der Waals surface area contributed by atoms with E-state index in [1.807, 2.05) is 54.1 Å². The Hall–Kier alpha value is -2.18. The first kappa shape index (κ1) is 15.7. The van der Waals surface area contributed by atoms with Crippen LogP contribution in [0.4, 0.5) is 5.13 Å². The molecule has 118 valence electrons.